The number of thiophene rings is 1. The average Bonchev–Trinajstić information content (AvgIpc) is 3.40. The van der Waals surface area contributed by atoms with Gasteiger partial charge in [-0.25, -0.2) is 17.5 Å². The van der Waals surface area contributed by atoms with Crippen molar-refractivity contribution < 1.29 is 47.7 Å². The summed E-state index contributed by atoms with van der Waals surface area (Å²) in [6.07, 6.45) is 0.474. The normalized spacial score (nSPS) is 12.9. The minimum atomic E-state index is -4.79. The SMILES string of the molecule is N#Cc1ccc(OP(=O)([O-])CNS(=O)(=O)c2ccc(-c3ccc(OCCC[NH3+])c(OCCC[NH3+])c3)s2)cc1F. The highest BCUT2D eigenvalue weighted by Gasteiger charge is 2.22. The van der Waals surface area contributed by atoms with Crippen LogP contribution in [0.1, 0.15) is 18.4 Å². The minimum Gasteiger partial charge on any atom is -0.768 e. The summed E-state index contributed by atoms with van der Waals surface area (Å²) in [5.74, 6) is -0.259. The topological polar surface area (TPSA) is 193 Å². The molecule has 2 aromatic carbocycles. The van der Waals surface area contributed by atoms with Crippen molar-refractivity contribution in [1.82, 2.24) is 4.72 Å². The molecule has 39 heavy (non-hydrogen) atoms. The molecule has 0 fully saturated rings. The number of hydrogen-bond donors (Lipinski definition) is 3. The molecular weight excluding hydrogens is 570 g/mol. The summed E-state index contributed by atoms with van der Waals surface area (Å²) in [5.41, 5.74) is 8.00. The molecule has 0 aliphatic rings. The fourth-order valence-corrected chi connectivity index (χ4v) is 6.97. The molecule has 7 N–H and O–H groups in total. The summed E-state index contributed by atoms with van der Waals surface area (Å²) in [6, 6.07) is 12.7. The van der Waals surface area contributed by atoms with Gasteiger partial charge in [-0.2, -0.15) is 5.26 Å². The van der Waals surface area contributed by atoms with E-state index in [1.165, 1.54) is 6.07 Å². The molecule has 0 amide bonds. The molecule has 1 aromatic heterocycles. The van der Waals surface area contributed by atoms with E-state index in [4.69, 9.17) is 19.3 Å². The van der Waals surface area contributed by atoms with Crippen molar-refractivity contribution in [3.8, 4) is 33.8 Å². The van der Waals surface area contributed by atoms with E-state index in [0.29, 0.717) is 41.7 Å². The molecule has 1 unspecified atom stereocenters. The maximum Gasteiger partial charge on any atom is 0.250 e. The third-order valence-corrected chi connectivity index (χ3v) is 9.41. The first-order chi connectivity index (χ1) is 18.6. The zero-order chi connectivity index (χ0) is 28.5. The molecule has 0 radical (unpaired) electrons. The first-order valence-corrected chi connectivity index (χ1v) is 15.9. The van der Waals surface area contributed by atoms with Crippen LogP contribution in [0.3, 0.4) is 0 Å². The van der Waals surface area contributed by atoms with Crippen LogP contribution in [-0.4, -0.2) is 41.0 Å². The zero-order valence-corrected chi connectivity index (χ0v) is 23.5. The number of rotatable bonds is 15. The van der Waals surface area contributed by atoms with E-state index in [0.717, 1.165) is 48.9 Å². The maximum absolute atomic E-state index is 13.7. The number of quaternary nitrogens is 2. The fourth-order valence-electron chi connectivity index (χ4n) is 3.15. The molecule has 0 saturated heterocycles. The molecule has 3 aromatic rings. The lowest BCUT2D eigenvalue weighted by Gasteiger charge is -2.24. The van der Waals surface area contributed by atoms with Gasteiger partial charge in [-0.3, -0.25) is 4.57 Å². The van der Waals surface area contributed by atoms with Crippen molar-refractivity contribution in [1.29, 1.82) is 5.26 Å². The molecular formula is C24H29FN4O7PS2+. The third-order valence-electron chi connectivity index (χ3n) is 5.13. The van der Waals surface area contributed by atoms with Crippen LogP contribution >= 0.6 is 18.9 Å². The number of nitrogens with one attached hydrogen (secondary N) is 1. The Morgan fingerprint density at radius 1 is 1.03 bits per heavy atom. The van der Waals surface area contributed by atoms with Gasteiger partial charge in [-0.15, -0.1) is 11.3 Å². The Bertz CT molecular complexity index is 1480. The second-order valence-corrected chi connectivity index (χ2v) is 13.0. The Hall–Kier alpha value is -3.02. The molecule has 0 bridgehead atoms. The highest BCUT2D eigenvalue weighted by Crippen LogP contribution is 2.39. The van der Waals surface area contributed by atoms with Crippen LogP contribution in [0, 0.1) is 17.1 Å². The number of hydrogen-bond acceptors (Lipinski definition) is 9. The second-order valence-electron chi connectivity index (χ2n) is 8.15. The number of ether oxygens (including phenoxy) is 2. The van der Waals surface area contributed by atoms with Gasteiger partial charge in [0.1, 0.15) is 21.8 Å². The molecule has 0 aliphatic carbocycles. The Morgan fingerprint density at radius 3 is 2.36 bits per heavy atom. The van der Waals surface area contributed by atoms with Crippen LogP contribution in [0.25, 0.3) is 10.4 Å². The van der Waals surface area contributed by atoms with Gasteiger partial charge in [-0.1, -0.05) is 0 Å². The van der Waals surface area contributed by atoms with Crippen LogP contribution in [0.2, 0.25) is 0 Å². The van der Waals surface area contributed by atoms with Crippen molar-refractivity contribution in [2.24, 2.45) is 0 Å². The molecule has 3 rings (SSSR count). The van der Waals surface area contributed by atoms with Crippen LogP contribution in [0.15, 0.2) is 52.7 Å². The standard InChI is InChI=1S/C24H28FN4O7PS2/c25-20-14-19(5-3-18(20)15-28)36-37(30,31)16-29-39(32,33)24-8-7-23(38-24)17-4-6-21(34-11-1-9-26)22(13-17)35-12-2-10-27/h3-8,13-14,29H,1-2,9-12,16,26-27H2,(H,30,31)/p+1. The fraction of sp³-hybridized carbons (Fsp3) is 0.292. The quantitative estimate of drug-likeness (QED) is 0.172. The Kier molecular flexibility index (Phi) is 10.8. The summed E-state index contributed by atoms with van der Waals surface area (Å²) < 4.78 is 69.9. The predicted molar refractivity (Wildman–Crippen MR) is 140 cm³/mol. The van der Waals surface area contributed by atoms with E-state index in [1.807, 2.05) is 4.72 Å². The van der Waals surface area contributed by atoms with Gasteiger partial charge >= 0.3 is 0 Å². The van der Waals surface area contributed by atoms with E-state index in [2.05, 4.69) is 11.5 Å². The van der Waals surface area contributed by atoms with Crippen molar-refractivity contribution in [3.63, 3.8) is 0 Å². The van der Waals surface area contributed by atoms with E-state index in [1.54, 1.807) is 30.3 Å². The number of halogens is 1. The molecule has 0 spiro atoms. The summed E-state index contributed by atoms with van der Waals surface area (Å²) in [6.45, 7) is 2.37. The smallest absolute Gasteiger partial charge is 0.250 e. The van der Waals surface area contributed by atoms with Crippen molar-refractivity contribution in [2.75, 3.05) is 32.6 Å². The summed E-state index contributed by atoms with van der Waals surface area (Å²) in [4.78, 5) is 12.9. The molecule has 0 saturated carbocycles. The lowest BCUT2D eigenvalue weighted by molar-refractivity contribution is -0.369. The van der Waals surface area contributed by atoms with E-state index < -0.39 is 29.7 Å². The third kappa shape index (κ3) is 8.74. The van der Waals surface area contributed by atoms with E-state index >= 15 is 0 Å². The first kappa shape index (κ1) is 30.5. The number of benzene rings is 2. The number of nitrogens with zero attached hydrogens (tertiary/aromatic N) is 1. The van der Waals surface area contributed by atoms with Gasteiger partial charge < -0.3 is 30.4 Å². The number of nitriles is 1. The Labute approximate surface area is 229 Å². The van der Waals surface area contributed by atoms with Gasteiger partial charge in [0, 0.05) is 23.8 Å². The molecule has 0 aliphatic heterocycles. The lowest BCUT2D eigenvalue weighted by Crippen LogP contribution is -2.50. The van der Waals surface area contributed by atoms with Crippen LogP contribution < -0.4 is 35.1 Å². The second kappa shape index (κ2) is 13.9. The summed E-state index contributed by atoms with van der Waals surface area (Å²) in [7, 11) is -9.00. The van der Waals surface area contributed by atoms with Crippen LogP contribution in [0.4, 0.5) is 4.39 Å². The largest absolute Gasteiger partial charge is 0.768 e. The lowest BCUT2D eigenvalue weighted by atomic mass is 10.1. The van der Waals surface area contributed by atoms with Crippen LogP contribution in [-0.2, 0) is 14.6 Å². The summed E-state index contributed by atoms with van der Waals surface area (Å²) >= 11 is 0.940. The van der Waals surface area contributed by atoms with Gasteiger partial charge in [0.25, 0.3) is 10.0 Å². The van der Waals surface area contributed by atoms with E-state index in [9.17, 15) is 22.3 Å². The van der Waals surface area contributed by atoms with Crippen molar-refractivity contribution in [3.05, 3.63) is 59.9 Å². The zero-order valence-electron chi connectivity index (χ0n) is 20.9. The minimum absolute atomic E-state index is 0.114. The average molecular weight is 600 g/mol. The maximum atomic E-state index is 13.7. The molecule has 15 heteroatoms. The molecule has 1 heterocycles. The molecule has 11 nitrogen and oxygen atoms in total. The van der Waals surface area contributed by atoms with Crippen molar-refractivity contribution >= 4 is 29.0 Å². The van der Waals surface area contributed by atoms with Gasteiger partial charge in [0.05, 0.1) is 38.2 Å². The number of sulfonamides is 1. The van der Waals surface area contributed by atoms with Gasteiger partial charge in [0.15, 0.2) is 19.1 Å². The predicted octanol–water partition coefficient (Wildman–Crippen LogP) is 1.32. The first-order valence-electron chi connectivity index (χ1n) is 11.9. The summed E-state index contributed by atoms with van der Waals surface area (Å²) in [5, 5.41) is 8.77. The van der Waals surface area contributed by atoms with Crippen molar-refractivity contribution in [2.45, 2.75) is 17.1 Å². The highest BCUT2D eigenvalue weighted by molar-refractivity contribution is 7.92. The van der Waals surface area contributed by atoms with Gasteiger partial charge in [-0.05, 0) is 48.0 Å². The Balaban J connectivity index is 1.72. The van der Waals surface area contributed by atoms with E-state index in [-0.39, 0.29) is 15.5 Å². The monoisotopic (exact) mass is 599 g/mol. The highest BCUT2D eigenvalue weighted by atomic mass is 32.2. The van der Waals surface area contributed by atoms with Gasteiger partial charge in [0.2, 0.25) is 0 Å². The molecule has 1 atom stereocenters. The Morgan fingerprint density at radius 2 is 1.72 bits per heavy atom. The van der Waals surface area contributed by atoms with Crippen LogP contribution in [0.5, 0.6) is 17.2 Å². The molecule has 210 valence electrons.